The first kappa shape index (κ1) is 18.6. The molecular formula is C16H34N4S. The van der Waals surface area contributed by atoms with Gasteiger partial charge in [0.15, 0.2) is 5.96 Å². The van der Waals surface area contributed by atoms with Gasteiger partial charge in [-0.05, 0) is 34.1 Å². The lowest BCUT2D eigenvalue weighted by Gasteiger charge is -2.35. The smallest absolute Gasteiger partial charge is 0.193 e. The third-order valence-electron chi connectivity index (χ3n) is 4.09. The molecule has 1 aliphatic rings. The molecule has 0 aliphatic carbocycles. The van der Waals surface area contributed by atoms with Gasteiger partial charge in [0.1, 0.15) is 0 Å². The van der Waals surface area contributed by atoms with Crippen molar-refractivity contribution in [3.8, 4) is 0 Å². The zero-order valence-electron chi connectivity index (χ0n) is 14.7. The van der Waals surface area contributed by atoms with Gasteiger partial charge in [-0.2, -0.15) is 11.8 Å². The number of thioether (sulfide) groups is 1. The Morgan fingerprint density at radius 3 is 2.52 bits per heavy atom. The van der Waals surface area contributed by atoms with E-state index in [2.05, 4.69) is 66.5 Å². The molecule has 4 nitrogen and oxygen atoms in total. The Bertz CT molecular complexity index is 309. The third kappa shape index (κ3) is 6.07. The fourth-order valence-corrected chi connectivity index (χ4v) is 4.08. The summed E-state index contributed by atoms with van der Waals surface area (Å²) in [4.78, 5) is 9.40. The lowest BCUT2D eigenvalue weighted by atomic mass is 10.2. The van der Waals surface area contributed by atoms with Crippen LogP contribution in [-0.2, 0) is 0 Å². The molecule has 0 aromatic heterocycles. The zero-order chi connectivity index (χ0) is 15.8. The maximum Gasteiger partial charge on any atom is 0.193 e. The lowest BCUT2D eigenvalue weighted by Crippen LogP contribution is -2.50. The highest BCUT2D eigenvalue weighted by atomic mass is 32.2. The van der Waals surface area contributed by atoms with Crippen molar-refractivity contribution in [1.29, 1.82) is 0 Å². The largest absolute Gasteiger partial charge is 0.355 e. The van der Waals surface area contributed by atoms with Crippen LogP contribution >= 0.6 is 11.8 Å². The molecule has 1 fully saturated rings. The molecule has 1 atom stereocenters. The molecule has 0 amide bonds. The van der Waals surface area contributed by atoms with Gasteiger partial charge in [-0.25, -0.2) is 0 Å². The molecule has 21 heavy (non-hydrogen) atoms. The summed E-state index contributed by atoms with van der Waals surface area (Å²) in [6.45, 7) is 15.6. The molecule has 0 radical (unpaired) electrons. The summed E-state index contributed by atoms with van der Waals surface area (Å²) >= 11 is 2.10. The minimum Gasteiger partial charge on any atom is -0.355 e. The van der Waals surface area contributed by atoms with Gasteiger partial charge in [0, 0.05) is 56.3 Å². The number of nitrogens with zero attached hydrogens (tertiary/aromatic N) is 3. The van der Waals surface area contributed by atoms with E-state index >= 15 is 0 Å². The summed E-state index contributed by atoms with van der Waals surface area (Å²) in [5.41, 5.74) is 0. The minimum absolute atomic E-state index is 0.588. The van der Waals surface area contributed by atoms with E-state index in [9.17, 15) is 0 Å². The second-order valence-corrected chi connectivity index (χ2v) is 7.65. The Labute approximate surface area is 135 Å². The Balaban J connectivity index is 2.44. The number of aliphatic imine (C=N–C) groups is 1. The molecule has 0 saturated carbocycles. The van der Waals surface area contributed by atoms with E-state index in [1.165, 1.54) is 12.2 Å². The van der Waals surface area contributed by atoms with Crippen molar-refractivity contribution in [2.75, 3.05) is 39.0 Å². The van der Waals surface area contributed by atoms with E-state index in [4.69, 9.17) is 0 Å². The summed E-state index contributed by atoms with van der Waals surface area (Å²) in [5, 5.41) is 4.30. The first-order chi connectivity index (χ1) is 9.99. The number of hydrogen-bond acceptors (Lipinski definition) is 3. The maximum absolute atomic E-state index is 4.47. The molecule has 124 valence electrons. The standard InChI is InChI=1S/C16H34N4S/c1-7-15-12-19(10-11-21-15)16(17-6)18-8-9-20(13(2)3)14(4)5/h13-15H,7-12H2,1-6H3,(H,17,18). The lowest BCUT2D eigenvalue weighted by molar-refractivity contribution is 0.178. The van der Waals surface area contributed by atoms with Crippen molar-refractivity contribution in [2.24, 2.45) is 4.99 Å². The molecule has 0 bridgehead atoms. The van der Waals surface area contributed by atoms with Crippen molar-refractivity contribution in [1.82, 2.24) is 15.1 Å². The van der Waals surface area contributed by atoms with Gasteiger partial charge in [-0.3, -0.25) is 9.89 Å². The predicted molar refractivity (Wildman–Crippen MR) is 96.4 cm³/mol. The molecule has 5 heteroatoms. The number of guanidine groups is 1. The first-order valence-corrected chi connectivity index (χ1v) is 9.37. The van der Waals surface area contributed by atoms with Crippen LogP contribution in [0, 0.1) is 0 Å². The highest BCUT2D eigenvalue weighted by molar-refractivity contribution is 8.00. The highest BCUT2D eigenvalue weighted by Gasteiger charge is 2.21. The average Bonchev–Trinajstić information content (AvgIpc) is 2.46. The third-order valence-corrected chi connectivity index (χ3v) is 5.46. The summed E-state index contributed by atoms with van der Waals surface area (Å²) in [6, 6.07) is 1.18. The minimum atomic E-state index is 0.588. The number of rotatable bonds is 6. The molecule has 1 saturated heterocycles. The molecule has 1 heterocycles. The van der Waals surface area contributed by atoms with Crippen molar-refractivity contribution in [3.05, 3.63) is 0 Å². The predicted octanol–water partition coefficient (Wildman–Crippen LogP) is 2.51. The van der Waals surface area contributed by atoms with Crippen LogP contribution in [0.3, 0.4) is 0 Å². The van der Waals surface area contributed by atoms with Gasteiger partial charge in [0.05, 0.1) is 0 Å². The monoisotopic (exact) mass is 314 g/mol. The second-order valence-electron chi connectivity index (χ2n) is 6.25. The molecule has 1 rings (SSSR count). The first-order valence-electron chi connectivity index (χ1n) is 8.32. The van der Waals surface area contributed by atoms with Crippen LogP contribution in [0.1, 0.15) is 41.0 Å². The van der Waals surface area contributed by atoms with Crippen LogP contribution in [0.2, 0.25) is 0 Å². The van der Waals surface area contributed by atoms with Crippen LogP contribution in [0.5, 0.6) is 0 Å². The van der Waals surface area contributed by atoms with Gasteiger partial charge in [0.25, 0.3) is 0 Å². The Kier molecular flexibility index (Phi) is 8.49. The Morgan fingerprint density at radius 1 is 1.33 bits per heavy atom. The van der Waals surface area contributed by atoms with Crippen LogP contribution in [0.25, 0.3) is 0 Å². The Hall–Kier alpha value is -0.420. The van der Waals surface area contributed by atoms with Gasteiger partial charge in [-0.15, -0.1) is 0 Å². The molecule has 1 unspecified atom stereocenters. The molecular weight excluding hydrogens is 280 g/mol. The molecule has 0 spiro atoms. The second kappa shape index (κ2) is 9.57. The average molecular weight is 315 g/mol. The fraction of sp³-hybridized carbons (Fsp3) is 0.938. The SMILES string of the molecule is CCC1CN(C(=NC)NCCN(C(C)C)C(C)C)CCS1. The number of nitrogens with one attached hydrogen (secondary N) is 1. The van der Waals surface area contributed by atoms with Gasteiger partial charge >= 0.3 is 0 Å². The van der Waals surface area contributed by atoms with Crippen LogP contribution < -0.4 is 5.32 Å². The quantitative estimate of drug-likeness (QED) is 0.603. The Morgan fingerprint density at radius 2 is 2.00 bits per heavy atom. The summed E-state index contributed by atoms with van der Waals surface area (Å²) in [7, 11) is 1.90. The summed E-state index contributed by atoms with van der Waals surface area (Å²) < 4.78 is 0. The van der Waals surface area contributed by atoms with Crippen LogP contribution in [0.15, 0.2) is 4.99 Å². The van der Waals surface area contributed by atoms with E-state index < -0.39 is 0 Å². The topological polar surface area (TPSA) is 30.9 Å². The van der Waals surface area contributed by atoms with Crippen LogP contribution in [0.4, 0.5) is 0 Å². The van der Waals surface area contributed by atoms with Gasteiger partial charge in [0.2, 0.25) is 0 Å². The van der Waals surface area contributed by atoms with E-state index in [0.717, 1.165) is 37.4 Å². The summed E-state index contributed by atoms with van der Waals surface area (Å²) in [6.07, 6.45) is 1.24. The summed E-state index contributed by atoms with van der Waals surface area (Å²) in [5.74, 6) is 2.28. The van der Waals surface area contributed by atoms with Crippen molar-refractivity contribution < 1.29 is 0 Å². The van der Waals surface area contributed by atoms with E-state index in [0.29, 0.717) is 12.1 Å². The molecule has 1 N–H and O–H groups in total. The zero-order valence-corrected chi connectivity index (χ0v) is 15.5. The van der Waals surface area contributed by atoms with E-state index in [1.54, 1.807) is 0 Å². The van der Waals surface area contributed by atoms with Crippen molar-refractivity contribution >= 4 is 17.7 Å². The fourth-order valence-electron chi connectivity index (χ4n) is 2.90. The molecule has 0 aromatic rings. The molecule has 0 aromatic carbocycles. The van der Waals surface area contributed by atoms with Crippen molar-refractivity contribution in [2.45, 2.75) is 58.4 Å². The number of hydrogen-bond donors (Lipinski definition) is 1. The van der Waals surface area contributed by atoms with Crippen LogP contribution in [-0.4, -0.2) is 72.1 Å². The van der Waals surface area contributed by atoms with Crippen molar-refractivity contribution in [3.63, 3.8) is 0 Å². The normalized spacial score (nSPS) is 20.7. The van der Waals surface area contributed by atoms with E-state index in [1.807, 2.05) is 7.05 Å². The molecule has 1 aliphatic heterocycles. The van der Waals surface area contributed by atoms with E-state index in [-0.39, 0.29) is 0 Å². The van der Waals surface area contributed by atoms with Gasteiger partial charge < -0.3 is 10.2 Å². The van der Waals surface area contributed by atoms with Gasteiger partial charge in [-0.1, -0.05) is 6.92 Å². The highest BCUT2D eigenvalue weighted by Crippen LogP contribution is 2.20. The maximum atomic E-state index is 4.47.